The SMILES string of the molecule is Nc1nccn2c(C34CCC(CO)(CC3)OC4)nc(-c3ccc(Oc4cccc(C(F)(F)F)c4F)cc3)c12. The van der Waals surface area contributed by atoms with Crippen molar-refractivity contribution in [2.75, 3.05) is 18.9 Å². The van der Waals surface area contributed by atoms with Crippen molar-refractivity contribution < 1.29 is 32.1 Å². The fourth-order valence-corrected chi connectivity index (χ4v) is 5.51. The third-order valence-electron chi connectivity index (χ3n) is 7.74. The van der Waals surface area contributed by atoms with Crippen molar-refractivity contribution in [3.63, 3.8) is 0 Å². The van der Waals surface area contributed by atoms with Gasteiger partial charge in [0, 0.05) is 18.0 Å². The molecule has 2 aromatic carbocycles. The van der Waals surface area contributed by atoms with Gasteiger partial charge in [0.15, 0.2) is 11.6 Å². The summed E-state index contributed by atoms with van der Waals surface area (Å²) in [6.45, 7) is 0.427. The summed E-state index contributed by atoms with van der Waals surface area (Å²) in [5.41, 5.74) is 5.96. The Morgan fingerprint density at radius 2 is 1.82 bits per heavy atom. The van der Waals surface area contributed by atoms with Crippen LogP contribution >= 0.6 is 0 Å². The van der Waals surface area contributed by atoms with Gasteiger partial charge in [-0.1, -0.05) is 6.07 Å². The Morgan fingerprint density at radius 1 is 1.08 bits per heavy atom. The first-order valence-electron chi connectivity index (χ1n) is 12.2. The van der Waals surface area contributed by atoms with Crippen LogP contribution in [0.3, 0.4) is 0 Å². The highest BCUT2D eigenvalue weighted by Gasteiger charge is 2.52. The van der Waals surface area contributed by atoms with Crippen LogP contribution < -0.4 is 10.5 Å². The van der Waals surface area contributed by atoms with E-state index in [9.17, 15) is 22.7 Å². The molecule has 3 aliphatic rings. The molecule has 3 N–H and O–H groups in total. The quantitative estimate of drug-likeness (QED) is 0.332. The molecule has 7 nitrogen and oxygen atoms in total. The van der Waals surface area contributed by atoms with Crippen molar-refractivity contribution in [2.45, 2.75) is 42.9 Å². The van der Waals surface area contributed by atoms with Gasteiger partial charge in [-0.25, -0.2) is 14.4 Å². The zero-order valence-electron chi connectivity index (χ0n) is 20.1. The van der Waals surface area contributed by atoms with Crippen molar-refractivity contribution in [1.82, 2.24) is 14.4 Å². The van der Waals surface area contributed by atoms with E-state index in [4.69, 9.17) is 20.2 Å². The van der Waals surface area contributed by atoms with Crippen LogP contribution in [0.1, 0.15) is 37.1 Å². The first-order chi connectivity index (χ1) is 18.1. The number of aromatic nitrogens is 3. The second-order valence-electron chi connectivity index (χ2n) is 9.97. The number of benzene rings is 2. The third-order valence-corrected chi connectivity index (χ3v) is 7.74. The lowest BCUT2D eigenvalue weighted by atomic mass is 9.66. The van der Waals surface area contributed by atoms with Crippen LogP contribution in [0.5, 0.6) is 11.5 Å². The van der Waals surface area contributed by atoms with E-state index in [-0.39, 0.29) is 17.8 Å². The maximum Gasteiger partial charge on any atom is 0.419 e. The van der Waals surface area contributed by atoms with E-state index in [0.717, 1.165) is 43.6 Å². The van der Waals surface area contributed by atoms with E-state index in [1.54, 1.807) is 18.3 Å². The van der Waals surface area contributed by atoms with Crippen LogP contribution in [-0.4, -0.2) is 38.3 Å². The number of nitrogen functional groups attached to an aromatic ring is 1. The van der Waals surface area contributed by atoms with Crippen molar-refractivity contribution in [3.8, 4) is 22.8 Å². The van der Waals surface area contributed by atoms with Gasteiger partial charge in [-0.15, -0.1) is 0 Å². The van der Waals surface area contributed by atoms with Gasteiger partial charge in [0.1, 0.15) is 28.6 Å². The number of hydrogen-bond acceptors (Lipinski definition) is 6. The minimum absolute atomic E-state index is 0.00759. The average Bonchev–Trinajstić information content (AvgIpc) is 3.32. The van der Waals surface area contributed by atoms with Gasteiger partial charge in [-0.2, -0.15) is 13.2 Å². The van der Waals surface area contributed by atoms with E-state index < -0.39 is 28.9 Å². The zero-order chi connectivity index (χ0) is 26.7. The summed E-state index contributed by atoms with van der Waals surface area (Å²) >= 11 is 0. The molecular formula is C27H24F4N4O3. The van der Waals surface area contributed by atoms with Gasteiger partial charge >= 0.3 is 6.18 Å². The molecule has 2 bridgehead atoms. The van der Waals surface area contributed by atoms with Gasteiger partial charge in [0.05, 0.1) is 29.8 Å². The van der Waals surface area contributed by atoms with Crippen LogP contribution in [0.2, 0.25) is 0 Å². The first kappa shape index (κ1) is 24.6. The fraction of sp³-hybridized carbons (Fsp3) is 0.333. The number of aliphatic hydroxyl groups is 1. The number of halogens is 4. The number of rotatable bonds is 5. The second kappa shape index (κ2) is 8.67. The Kier molecular flexibility index (Phi) is 5.62. The largest absolute Gasteiger partial charge is 0.454 e. The number of fused-ring (bicyclic) bond motifs is 4. The Morgan fingerprint density at radius 3 is 2.45 bits per heavy atom. The monoisotopic (exact) mass is 528 g/mol. The van der Waals surface area contributed by atoms with E-state index in [0.29, 0.717) is 35.3 Å². The van der Waals surface area contributed by atoms with Gasteiger partial charge in [0.2, 0.25) is 0 Å². The molecule has 11 heteroatoms. The molecule has 2 aliphatic heterocycles. The molecular weight excluding hydrogens is 504 g/mol. The van der Waals surface area contributed by atoms with Crippen molar-refractivity contribution in [1.29, 1.82) is 0 Å². The number of hydrogen-bond donors (Lipinski definition) is 2. The molecule has 2 saturated heterocycles. The summed E-state index contributed by atoms with van der Waals surface area (Å²) in [6, 6.07) is 9.33. The summed E-state index contributed by atoms with van der Waals surface area (Å²) in [6.07, 6.45) is 1.66. The lowest BCUT2D eigenvalue weighted by Crippen LogP contribution is -2.55. The second-order valence-corrected chi connectivity index (χ2v) is 9.97. The van der Waals surface area contributed by atoms with E-state index in [2.05, 4.69) is 4.98 Å². The van der Waals surface area contributed by atoms with Crippen molar-refractivity contribution in [3.05, 3.63) is 72.1 Å². The Balaban J connectivity index is 1.35. The Bertz CT molecular complexity index is 1490. The summed E-state index contributed by atoms with van der Waals surface area (Å²) in [4.78, 5) is 9.24. The highest BCUT2D eigenvalue weighted by Crippen LogP contribution is 2.50. The minimum atomic E-state index is -4.83. The van der Waals surface area contributed by atoms with Gasteiger partial charge < -0.3 is 20.3 Å². The maximum absolute atomic E-state index is 14.4. The molecule has 0 unspecified atom stereocenters. The van der Waals surface area contributed by atoms with Gasteiger partial charge in [-0.3, -0.25) is 4.40 Å². The molecule has 3 fully saturated rings. The molecule has 1 saturated carbocycles. The van der Waals surface area contributed by atoms with Crippen LogP contribution in [0.15, 0.2) is 54.9 Å². The van der Waals surface area contributed by atoms with Crippen LogP contribution in [-0.2, 0) is 16.3 Å². The standard InChI is InChI=1S/C27H24F4N4O3/c28-20-18(27(29,30)31)2-1-3-19(20)38-17-6-4-16(5-7-17)21-22-23(32)33-12-13-35(22)24(34-21)25-8-10-26(14-36,11-9-25)37-15-25/h1-7,12-13,36H,8-11,14-15H2,(H2,32,33). The lowest BCUT2D eigenvalue weighted by molar-refractivity contribution is -0.177. The molecule has 38 heavy (non-hydrogen) atoms. The number of nitrogens with two attached hydrogens (primary N) is 1. The predicted octanol–water partition coefficient (Wildman–Crippen LogP) is 5.50. The third kappa shape index (κ3) is 3.88. The summed E-state index contributed by atoms with van der Waals surface area (Å²) in [7, 11) is 0. The van der Waals surface area contributed by atoms with Crippen LogP contribution in [0.4, 0.5) is 23.4 Å². The zero-order valence-corrected chi connectivity index (χ0v) is 20.1. The smallest absolute Gasteiger partial charge is 0.419 e. The Hall–Kier alpha value is -3.70. The molecule has 4 aromatic rings. The van der Waals surface area contributed by atoms with Gasteiger partial charge in [-0.05, 0) is 62.1 Å². The van der Waals surface area contributed by atoms with E-state index in [1.165, 1.54) is 12.1 Å². The number of anilines is 1. The number of ether oxygens (including phenoxy) is 2. The first-order valence-corrected chi connectivity index (χ1v) is 12.2. The van der Waals surface area contributed by atoms with Crippen molar-refractivity contribution >= 4 is 11.3 Å². The highest BCUT2D eigenvalue weighted by atomic mass is 19.4. The van der Waals surface area contributed by atoms with Gasteiger partial charge in [0.25, 0.3) is 0 Å². The summed E-state index contributed by atoms with van der Waals surface area (Å²) in [5, 5.41) is 9.81. The van der Waals surface area contributed by atoms with E-state index >= 15 is 0 Å². The molecule has 0 radical (unpaired) electrons. The predicted molar refractivity (Wildman–Crippen MR) is 130 cm³/mol. The molecule has 0 amide bonds. The molecule has 0 spiro atoms. The Labute approximate surface area is 214 Å². The molecule has 198 valence electrons. The lowest BCUT2D eigenvalue weighted by Gasteiger charge is -2.51. The molecule has 1 aliphatic carbocycles. The molecule has 7 rings (SSSR count). The molecule has 4 heterocycles. The van der Waals surface area contributed by atoms with Crippen LogP contribution in [0, 0.1) is 5.82 Å². The number of aliphatic hydroxyl groups excluding tert-OH is 1. The molecule has 0 atom stereocenters. The number of alkyl halides is 3. The molecule has 2 aromatic heterocycles. The summed E-state index contributed by atoms with van der Waals surface area (Å²) in [5.74, 6) is -0.744. The number of nitrogens with zero attached hydrogens (tertiary/aromatic N) is 3. The normalized spacial score (nSPS) is 23.2. The average molecular weight is 529 g/mol. The maximum atomic E-state index is 14.4. The van der Waals surface area contributed by atoms with E-state index in [1.807, 2.05) is 10.6 Å². The topological polar surface area (TPSA) is 94.9 Å². The number of imidazole rings is 1. The summed E-state index contributed by atoms with van der Waals surface area (Å²) < 4.78 is 67.1. The highest BCUT2D eigenvalue weighted by molar-refractivity contribution is 5.85. The van der Waals surface area contributed by atoms with Crippen LogP contribution in [0.25, 0.3) is 16.8 Å². The minimum Gasteiger partial charge on any atom is -0.454 e. The van der Waals surface area contributed by atoms with Crippen molar-refractivity contribution in [2.24, 2.45) is 0 Å². The fourth-order valence-electron chi connectivity index (χ4n) is 5.51.